The summed E-state index contributed by atoms with van der Waals surface area (Å²) in [6, 6.07) is 0.169. The summed E-state index contributed by atoms with van der Waals surface area (Å²) in [4.78, 5) is 13.7. The van der Waals surface area contributed by atoms with Gasteiger partial charge >= 0.3 is 0 Å². The van der Waals surface area contributed by atoms with Crippen molar-refractivity contribution >= 4 is 0 Å². The second-order valence-corrected chi connectivity index (χ2v) is 3.95. The maximum Gasteiger partial charge on any atom is 0.268 e. The van der Waals surface area contributed by atoms with Gasteiger partial charge < -0.3 is 10.8 Å². The normalized spacial score (nSPS) is 27.6. The number of hydrogen-bond donors (Lipinski definition) is 3. The summed E-state index contributed by atoms with van der Waals surface area (Å²) in [7, 11) is 2.02. The summed E-state index contributed by atoms with van der Waals surface area (Å²) < 4.78 is 0. The molecule has 0 spiro atoms. The van der Waals surface area contributed by atoms with Crippen molar-refractivity contribution in [3.8, 4) is 0 Å². The first-order valence-corrected chi connectivity index (χ1v) is 4.86. The Labute approximate surface area is 82.3 Å². The molecule has 2 heterocycles. The van der Waals surface area contributed by atoms with E-state index in [1.807, 2.05) is 14.0 Å². The fourth-order valence-electron chi connectivity index (χ4n) is 2.13. The maximum absolute atomic E-state index is 11.5. The molecule has 0 amide bonds. The van der Waals surface area contributed by atoms with Crippen LogP contribution >= 0.6 is 0 Å². The van der Waals surface area contributed by atoms with Gasteiger partial charge in [0.25, 0.3) is 5.56 Å². The number of H-pyrrole nitrogens is 2. The van der Waals surface area contributed by atoms with Crippen LogP contribution in [0.15, 0.2) is 4.79 Å². The van der Waals surface area contributed by atoms with E-state index in [1.54, 1.807) is 0 Å². The van der Waals surface area contributed by atoms with E-state index in [4.69, 9.17) is 5.73 Å². The smallest absolute Gasteiger partial charge is 0.268 e. The minimum absolute atomic E-state index is 0.0162. The summed E-state index contributed by atoms with van der Waals surface area (Å²) >= 11 is 0. The molecule has 1 aliphatic rings. The number of aromatic amines is 2. The standard InChI is InChI=1S/C9H16N4O/c1-5-7-8(11-12-9(7)14)6(3-10)4-13(5)2/h5-6H,3-4,10H2,1-2H3,(H2,11,12,14). The molecule has 14 heavy (non-hydrogen) atoms. The Bertz CT molecular complexity index is 380. The molecule has 0 bridgehead atoms. The van der Waals surface area contributed by atoms with Crippen LogP contribution in [0.1, 0.15) is 30.1 Å². The molecule has 5 nitrogen and oxygen atoms in total. The molecule has 0 radical (unpaired) electrons. The van der Waals surface area contributed by atoms with Crippen LogP contribution < -0.4 is 11.3 Å². The molecule has 0 aliphatic carbocycles. The molecule has 78 valence electrons. The van der Waals surface area contributed by atoms with Crippen molar-refractivity contribution in [2.45, 2.75) is 18.9 Å². The van der Waals surface area contributed by atoms with E-state index >= 15 is 0 Å². The van der Waals surface area contributed by atoms with Gasteiger partial charge in [0.2, 0.25) is 0 Å². The molecule has 5 heteroatoms. The van der Waals surface area contributed by atoms with E-state index < -0.39 is 0 Å². The number of nitrogens with two attached hydrogens (primary N) is 1. The van der Waals surface area contributed by atoms with Crippen molar-refractivity contribution in [2.75, 3.05) is 20.1 Å². The molecule has 1 aliphatic heterocycles. The van der Waals surface area contributed by atoms with Gasteiger partial charge in [-0.25, -0.2) is 0 Å². The highest BCUT2D eigenvalue weighted by Crippen LogP contribution is 2.30. The van der Waals surface area contributed by atoms with Crippen LogP contribution in [0.3, 0.4) is 0 Å². The average molecular weight is 196 g/mol. The number of rotatable bonds is 1. The number of nitrogens with zero attached hydrogens (tertiary/aromatic N) is 1. The second-order valence-electron chi connectivity index (χ2n) is 3.95. The van der Waals surface area contributed by atoms with Crippen LogP contribution in [0.5, 0.6) is 0 Å². The lowest BCUT2D eigenvalue weighted by atomic mass is 9.92. The highest BCUT2D eigenvalue weighted by atomic mass is 16.1. The first kappa shape index (κ1) is 9.48. The fraction of sp³-hybridized carbons (Fsp3) is 0.667. The van der Waals surface area contributed by atoms with E-state index in [0.717, 1.165) is 17.8 Å². The zero-order valence-electron chi connectivity index (χ0n) is 8.50. The van der Waals surface area contributed by atoms with Gasteiger partial charge in [0.1, 0.15) is 0 Å². The van der Waals surface area contributed by atoms with Crippen LogP contribution in [0.2, 0.25) is 0 Å². The Morgan fingerprint density at radius 3 is 2.93 bits per heavy atom. The topological polar surface area (TPSA) is 77.9 Å². The third kappa shape index (κ3) is 1.20. The van der Waals surface area contributed by atoms with Crippen molar-refractivity contribution in [3.05, 3.63) is 21.6 Å². The number of fused-ring (bicyclic) bond motifs is 1. The number of nitrogens with one attached hydrogen (secondary N) is 2. The third-order valence-electron chi connectivity index (χ3n) is 3.13. The molecule has 2 rings (SSSR count). The first-order chi connectivity index (χ1) is 6.65. The first-order valence-electron chi connectivity index (χ1n) is 4.86. The molecule has 2 unspecified atom stereocenters. The van der Waals surface area contributed by atoms with Gasteiger partial charge in [0, 0.05) is 30.7 Å². The van der Waals surface area contributed by atoms with Crippen molar-refractivity contribution < 1.29 is 0 Å². The van der Waals surface area contributed by atoms with Gasteiger partial charge in [-0.15, -0.1) is 0 Å². The van der Waals surface area contributed by atoms with Crippen molar-refractivity contribution in [2.24, 2.45) is 5.73 Å². The summed E-state index contributed by atoms with van der Waals surface area (Å²) in [5.74, 6) is 0.241. The van der Waals surface area contributed by atoms with E-state index in [0.29, 0.717) is 6.54 Å². The zero-order valence-corrected chi connectivity index (χ0v) is 8.50. The summed E-state index contributed by atoms with van der Waals surface area (Å²) in [5, 5.41) is 5.57. The highest BCUT2D eigenvalue weighted by Gasteiger charge is 2.31. The van der Waals surface area contributed by atoms with Gasteiger partial charge in [-0.3, -0.25) is 14.8 Å². The van der Waals surface area contributed by atoms with Crippen molar-refractivity contribution in [1.82, 2.24) is 15.1 Å². The monoisotopic (exact) mass is 196 g/mol. The fourth-order valence-corrected chi connectivity index (χ4v) is 2.13. The van der Waals surface area contributed by atoms with Gasteiger partial charge in [-0.05, 0) is 14.0 Å². The lowest BCUT2D eigenvalue weighted by Crippen LogP contribution is -2.38. The molecule has 2 atom stereocenters. The van der Waals surface area contributed by atoms with E-state index in [2.05, 4.69) is 15.1 Å². The predicted octanol–water partition coefficient (Wildman–Crippen LogP) is -0.248. The Hall–Kier alpha value is -1.07. The van der Waals surface area contributed by atoms with Crippen LogP contribution in [0, 0.1) is 0 Å². The molecule has 0 aromatic carbocycles. The van der Waals surface area contributed by atoms with Gasteiger partial charge in [-0.1, -0.05) is 0 Å². The lowest BCUT2D eigenvalue weighted by molar-refractivity contribution is 0.222. The molecule has 4 N–H and O–H groups in total. The predicted molar refractivity (Wildman–Crippen MR) is 54.3 cm³/mol. The SMILES string of the molecule is CC1c2c([nH][nH]c2=O)C(CN)CN1C. The Kier molecular flexibility index (Phi) is 2.20. The number of hydrogen-bond acceptors (Lipinski definition) is 3. The number of likely N-dealkylation sites (N-methyl/N-ethyl adjacent to an activating group) is 1. The molecule has 1 aromatic heterocycles. The van der Waals surface area contributed by atoms with Crippen molar-refractivity contribution in [1.29, 1.82) is 0 Å². The van der Waals surface area contributed by atoms with Crippen molar-refractivity contribution in [3.63, 3.8) is 0 Å². The quantitative estimate of drug-likeness (QED) is 0.579. The summed E-state index contributed by atoms with van der Waals surface area (Å²) in [6.07, 6.45) is 0. The average Bonchev–Trinajstić information content (AvgIpc) is 2.54. The molecular weight excluding hydrogens is 180 g/mol. The maximum atomic E-state index is 11.5. The van der Waals surface area contributed by atoms with Gasteiger partial charge in [0.15, 0.2) is 0 Å². The van der Waals surface area contributed by atoms with Crippen LogP contribution in [-0.4, -0.2) is 35.2 Å². The Morgan fingerprint density at radius 1 is 1.57 bits per heavy atom. The molecule has 0 saturated carbocycles. The molecule has 0 saturated heterocycles. The largest absolute Gasteiger partial charge is 0.330 e. The summed E-state index contributed by atoms with van der Waals surface area (Å²) in [6.45, 7) is 3.50. The van der Waals surface area contributed by atoms with E-state index in [-0.39, 0.29) is 17.5 Å². The summed E-state index contributed by atoms with van der Waals surface area (Å²) in [5.41, 5.74) is 7.49. The van der Waals surface area contributed by atoms with E-state index in [9.17, 15) is 4.79 Å². The van der Waals surface area contributed by atoms with Crippen LogP contribution in [-0.2, 0) is 0 Å². The molecule has 1 aromatic rings. The molecule has 0 fully saturated rings. The Balaban J connectivity index is 2.51. The minimum Gasteiger partial charge on any atom is -0.330 e. The Morgan fingerprint density at radius 2 is 2.29 bits per heavy atom. The third-order valence-corrected chi connectivity index (χ3v) is 3.13. The zero-order chi connectivity index (χ0) is 10.3. The van der Waals surface area contributed by atoms with Gasteiger partial charge in [-0.2, -0.15) is 0 Å². The van der Waals surface area contributed by atoms with E-state index in [1.165, 1.54) is 0 Å². The second kappa shape index (κ2) is 3.25. The minimum atomic E-state index is -0.0162. The molecular formula is C9H16N4O. The number of aromatic nitrogens is 2. The van der Waals surface area contributed by atoms with Crippen LogP contribution in [0.25, 0.3) is 0 Å². The highest BCUT2D eigenvalue weighted by molar-refractivity contribution is 5.27. The van der Waals surface area contributed by atoms with Crippen LogP contribution in [0.4, 0.5) is 0 Å². The van der Waals surface area contributed by atoms with Gasteiger partial charge in [0.05, 0.1) is 5.56 Å². The lowest BCUT2D eigenvalue weighted by Gasteiger charge is -2.33.